The molecule has 0 radical (unpaired) electrons. The maximum Gasteiger partial charge on any atom is 0.166 e. The molecule has 0 amide bonds. The molecule has 3 heterocycles. The third-order valence-corrected chi connectivity index (χ3v) is 9.58. The van der Waals surface area contributed by atoms with E-state index in [0.29, 0.717) is 17.9 Å². The van der Waals surface area contributed by atoms with E-state index in [9.17, 15) is 10.2 Å². The first kappa shape index (κ1) is 20.2. The number of nitrogens with zero attached hydrogens (tertiary/aromatic N) is 2. The normalized spacial score (nSPS) is 32.2. The van der Waals surface area contributed by atoms with Crippen LogP contribution >= 0.6 is 0 Å². The van der Waals surface area contributed by atoms with Crippen LogP contribution in [-0.4, -0.2) is 51.9 Å². The van der Waals surface area contributed by atoms with E-state index < -0.39 is 17.1 Å². The van der Waals surface area contributed by atoms with Gasteiger partial charge in [0.15, 0.2) is 17.6 Å². The van der Waals surface area contributed by atoms with Gasteiger partial charge in [0.1, 0.15) is 5.75 Å². The Hall–Kier alpha value is -3.03. The number of methoxy groups -OCH3 is 1. The Balaban J connectivity index is 1.40. The summed E-state index contributed by atoms with van der Waals surface area (Å²) in [5.41, 5.74) is 10.4. The highest BCUT2D eigenvalue weighted by atomic mass is 16.5. The Bertz CT molecular complexity index is 1440. The van der Waals surface area contributed by atoms with E-state index >= 15 is 0 Å². The van der Waals surface area contributed by atoms with Gasteiger partial charge in [-0.1, -0.05) is 6.07 Å². The molecule has 2 unspecified atom stereocenters. The van der Waals surface area contributed by atoms with Crippen molar-refractivity contribution in [2.75, 3.05) is 25.9 Å². The first-order valence-corrected chi connectivity index (χ1v) is 12.7. The summed E-state index contributed by atoms with van der Waals surface area (Å²) in [7, 11) is 1.64. The van der Waals surface area contributed by atoms with Crippen LogP contribution in [0.25, 0.3) is 10.9 Å². The van der Waals surface area contributed by atoms with Gasteiger partial charge in [-0.15, -0.1) is 0 Å². The maximum atomic E-state index is 12.8. The number of anilines is 1. The molecule has 4 atom stereocenters. The number of phenols is 1. The second-order valence-corrected chi connectivity index (χ2v) is 11.2. The lowest BCUT2D eigenvalue weighted by atomic mass is 9.48. The third-order valence-electron chi connectivity index (χ3n) is 9.58. The van der Waals surface area contributed by atoms with Crippen molar-refractivity contribution in [1.29, 1.82) is 0 Å². The monoisotopic (exact) mass is 471 g/mol. The number of nitrogen functional groups attached to an aromatic ring is 1. The Kier molecular flexibility index (Phi) is 3.69. The Labute approximate surface area is 203 Å². The van der Waals surface area contributed by atoms with Crippen molar-refractivity contribution in [3.63, 3.8) is 0 Å². The molecule has 8 rings (SSSR count). The molecule has 5 aliphatic rings. The number of fused-ring (bicyclic) bond motifs is 3. The van der Waals surface area contributed by atoms with Crippen molar-refractivity contribution in [3.8, 4) is 17.2 Å². The number of pyridine rings is 1. The average molecular weight is 472 g/mol. The predicted octanol–water partition coefficient (Wildman–Crippen LogP) is 3.23. The van der Waals surface area contributed by atoms with Gasteiger partial charge >= 0.3 is 0 Å². The van der Waals surface area contributed by atoms with Crippen molar-refractivity contribution < 1.29 is 19.7 Å². The van der Waals surface area contributed by atoms with E-state index in [1.54, 1.807) is 13.2 Å². The Morgan fingerprint density at radius 2 is 2.11 bits per heavy atom. The van der Waals surface area contributed by atoms with Crippen LogP contribution in [0, 0.1) is 5.92 Å². The zero-order chi connectivity index (χ0) is 23.7. The van der Waals surface area contributed by atoms with Crippen molar-refractivity contribution in [2.24, 2.45) is 5.92 Å². The van der Waals surface area contributed by atoms with Crippen molar-refractivity contribution in [1.82, 2.24) is 9.88 Å². The number of likely N-dealkylation sites (tertiary alicyclic amines) is 1. The summed E-state index contributed by atoms with van der Waals surface area (Å²) in [5.74, 6) is 2.11. The molecule has 35 heavy (non-hydrogen) atoms. The van der Waals surface area contributed by atoms with Crippen LogP contribution in [0.2, 0.25) is 0 Å². The summed E-state index contributed by atoms with van der Waals surface area (Å²) in [5, 5.41) is 24.5. The van der Waals surface area contributed by atoms with Gasteiger partial charge in [0.2, 0.25) is 0 Å². The number of phenolic OH excluding ortho intramolecular Hbond substituents is 1. The van der Waals surface area contributed by atoms with Crippen LogP contribution in [0.3, 0.4) is 0 Å². The van der Waals surface area contributed by atoms with Crippen LogP contribution < -0.4 is 15.2 Å². The van der Waals surface area contributed by atoms with E-state index in [1.165, 1.54) is 18.4 Å². The smallest absolute Gasteiger partial charge is 0.166 e. The molecule has 2 aliphatic heterocycles. The van der Waals surface area contributed by atoms with Gasteiger partial charge in [-0.25, -0.2) is 4.98 Å². The third kappa shape index (κ3) is 2.31. The molecule has 180 valence electrons. The minimum Gasteiger partial charge on any atom is -0.504 e. The average Bonchev–Trinajstić information content (AvgIpc) is 3.60. The Morgan fingerprint density at radius 1 is 1.26 bits per heavy atom. The number of benzene rings is 2. The Morgan fingerprint density at radius 3 is 2.91 bits per heavy atom. The molecule has 2 aromatic carbocycles. The largest absolute Gasteiger partial charge is 0.504 e. The number of aliphatic hydroxyl groups is 1. The highest BCUT2D eigenvalue weighted by Gasteiger charge is 2.73. The zero-order valence-corrected chi connectivity index (χ0v) is 19.8. The summed E-state index contributed by atoms with van der Waals surface area (Å²) in [6, 6.07) is 9.47. The molecular weight excluding hydrogens is 442 g/mol. The molecule has 1 saturated heterocycles. The summed E-state index contributed by atoms with van der Waals surface area (Å²) in [6.07, 6.45) is 4.00. The molecule has 7 nitrogen and oxygen atoms in total. The fraction of sp³-hybridized carbons (Fsp3) is 0.464. The topological polar surface area (TPSA) is 101 Å². The van der Waals surface area contributed by atoms with Crippen molar-refractivity contribution in [2.45, 2.75) is 55.3 Å². The van der Waals surface area contributed by atoms with E-state index in [4.69, 9.17) is 20.2 Å². The lowest BCUT2D eigenvalue weighted by Crippen LogP contribution is -2.74. The minimum atomic E-state index is -1.06. The van der Waals surface area contributed by atoms with Gasteiger partial charge < -0.3 is 25.4 Å². The summed E-state index contributed by atoms with van der Waals surface area (Å²) >= 11 is 0. The van der Waals surface area contributed by atoms with E-state index in [0.717, 1.165) is 65.3 Å². The molecule has 1 spiro atoms. The molecule has 3 aliphatic carbocycles. The quantitative estimate of drug-likeness (QED) is 0.539. The first-order valence-electron chi connectivity index (χ1n) is 12.7. The van der Waals surface area contributed by atoms with Crippen LogP contribution in [-0.2, 0) is 18.3 Å². The highest BCUT2D eigenvalue weighted by Crippen LogP contribution is 2.69. The first-order chi connectivity index (χ1) is 16.9. The number of nitrogens with two attached hydrogens (primary N) is 1. The summed E-state index contributed by atoms with van der Waals surface area (Å²) < 4.78 is 12.0. The number of ether oxygens (including phenoxy) is 2. The van der Waals surface area contributed by atoms with E-state index in [-0.39, 0.29) is 11.8 Å². The van der Waals surface area contributed by atoms with E-state index in [2.05, 4.69) is 4.90 Å². The zero-order valence-electron chi connectivity index (χ0n) is 19.8. The molecule has 7 heteroatoms. The second kappa shape index (κ2) is 6.39. The summed E-state index contributed by atoms with van der Waals surface area (Å²) in [4.78, 5) is 7.60. The van der Waals surface area contributed by atoms with Gasteiger partial charge in [-0.3, -0.25) is 4.90 Å². The second-order valence-electron chi connectivity index (χ2n) is 11.2. The molecule has 4 N–H and O–H groups in total. The highest BCUT2D eigenvalue weighted by molar-refractivity contribution is 5.94. The molecule has 2 fully saturated rings. The predicted molar refractivity (Wildman–Crippen MR) is 131 cm³/mol. The molecule has 3 aromatic rings. The van der Waals surface area contributed by atoms with Gasteiger partial charge in [0.25, 0.3) is 0 Å². The number of piperidine rings is 1. The van der Waals surface area contributed by atoms with Gasteiger partial charge in [-0.2, -0.15) is 0 Å². The van der Waals surface area contributed by atoms with Crippen molar-refractivity contribution in [3.05, 3.63) is 52.7 Å². The van der Waals surface area contributed by atoms with Crippen molar-refractivity contribution >= 4 is 16.6 Å². The molecule has 1 saturated carbocycles. The lowest BCUT2D eigenvalue weighted by Gasteiger charge is -2.63. The van der Waals surface area contributed by atoms with Crippen LogP contribution in [0.5, 0.6) is 17.2 Å². The standard InChI is InChI=1S/C28H29N3O4/c1-34-16-5-6-19-17(11-16)23(29)18-12-28(33)21-10-15-4-7-20(32)25-22(15)27(28,26(35-25)24(18)30-19)8-9-31(21)13-14-2-3-14/h4-7,11,14,21,26,32-33H,2-3,8-10,12-13H2,1H3,(H2,29,30)/t21-,26?,27+,28?/m1/s1. The molecule has 2 bridgehead atoms. The number of hydrogen-bond donors (Lipinski definition) is 3. The molecular formula is C28H29N3O4. The van der Waals surface area contributed by atoms with Crippen LogP contribution in [0.1, 0.15) is 47.8 Å². The van der Waals surface area contributed by atoms with Gasteiger partial charge in [0.05, 0.1) is 29.3 Å². The number of rotatable bonds is 3. The fourth-order valence-corrected chi connectivity index (χ4v) is 7.78. The van der Waals surface area contributed by atoms with Gasteiger partial charge in [0, 0.05) is 41.2 Å². The summed E-state index contributed by atoms with van der Waals surface area (Å²) in [6.45, 7) is 1.94. The van der Waals surface area contributed by atoms with Crippen LogP contribution in [0.15, 0.2) is 30.3 Å². The van der Waals surface area contributed by atoms with E-state index in [1.807, 2.05) is 24.3 Å². The number of hydrogen-bond acceptors (Lipinski definition) is 7. The lowest BCUT2D eigenvalue weighted by molar-refractivity contribution is -0.173. The van der Waals surface area contributed by atoms with Crippen LogP contribution in [0.4, 0.5) is 5.69 Å². The molecule has 1 aromatic heterocycles. The maximum absolute atomic E-state index is 12.8. The SMILES string of the molecule is COc1ccc2nc3c(c(N)c2c1)CC1(O)[C@H]2Cc4ccc(O)c5c4[C@@]1(CCN2CC1CC1)C3O5. The van der Waals surface area contributed by atoms with Gasteiger partial charge in [-0.05, 0) is 68.0 Å². The fourth-order valence-electron chi connectivity index (χ4n) is 7.78. The number of aromatic hydroxyl groups is 1. The number of aromatic nitrogens is 1. The minimum absolute atomic E-state index is 0.0282.